The Balaban J connectivity index is 2.37. The maximum absolute atomic E-state index is 12.0. The topological polar surface area (TPSA) is 43.4 Å². The highest BCUT2D eigenvalue weighted by Crippen LogP contribution is 2.24. The Morgan fingerprint density at radius 1 is 0.870 bits per heavy atom. The largest absolute Gasteiger partial charge is 0.493 e. The van der Waals surface area contributed by atoms with E-state index < -0.39 is 0 Å². The summed E-state index contributed by atoms with van der Waals surface area (Å²) in [7, 11) is 1.51. The maximum Gasteiger partial charge on any atom is 0.223 e. The minimum absolute atomic E-state index is 0.0491. The van der Waals surface area contributed by atoms with Crippen LogP contribution in [-0.2, 0) is 14.3 Å². The Morgan fingerprint density at radius 2 is 1.39 bits per heavy atom. The lowest BCUT2D eigenvalue weighted by molar-refractivity contribution is -0.115. The number of hydrogen-bond acceptors (Lipinski definition) is 3. The van der Waals surface area contributed by atoms with Crippen LogP contribution in [0, 0.1) is 0 Å². The quantitative estimate of drug-likeness (QED) is 0.783. The van der Waals surface area contributed by atoms with Gasteiger partial charge in [0.05, 0.1) is 7.11 Å². The molecule has 0 atom stereocenters. The minimum atomic E-state index is -0.0491. The zero-order chi connectivity index (χ0) is 17.0. The van der Waals surface area contributed by atoms with Gasteiger partial charge in [0.25, 0.3) is 0 Å². The van der Waals surface area contributed by atoms with E-state index in [-0.39, 0.29) is 11.6 Å². The summed E-state index contributed by atoms with van der Waals surface area (Å²) in [5.41, 5.74) is 4.23. The van der Waals surface area contributed by atoms with Crippen LogP contribution in [0.1, 0.15) is 33.6 Å². The summed E-state index contributed by atoms with van der Waals surface area (Å²) in [6.07, 6.45) is 12.7. The number of Topliss-reactive ketones (excluding diaryl/α,β-unsaturated/α-hetero) is 2. The fourth-order valence-corrected chi connectivity index (χ4v) is 2.62. The number of carbonyl (C=O) groups is 2. The van der Waals surface area contributed by atoms with Gasteiger partial charge in [-0.2, -0.15) is 0 Å². The zero-order valence-corrected chi connectivity index (χ0v) is 14.1. The molecule has 0 aromatic carbocycles. The van der Waals surface area contributed by atoms with Crippen LogP contribution >= 0.6 is 0 Å². The highest BCUT2D eigenvalue weighted by Gasteiger charge is 2.19. The van der Waals surface area contributed by atoms with Crippen LogP contribution in [0.2, 0.25) is 0 Å². The van der Waals surface area contributed by atoms with Crippen LogP contribution < -0.4 is 0 Å². The van der Waals surface area contributed by atoms with Crippen LogP contribution in [-0.4, -0.2) is 18.7 Å². The van der Waals surface area contributed by atoms with Crippen molar-refractivity contribution in [3.63, 3.8) is 0 Å². The highest BCUT2D eigenvalue weighted by atomic mass is 16.5. The van der Waals surface area contributed by atoms with Gasteiger partial charge in [0.2, 0.25) is 5.78 Å². The molecule has 0 spiro atoms. The second kappa shape index (κ2) is 7.23. The molecule has 0 aromatic heterocycles. The van der Waals surface area contributed by atoms with Crippen molar-refractivity contribution in [2.75, 3.05) is 7.11 Å². The van der Waals surface area contributed by atoms with Gasteiger partial charge in [0.1, 0.15) is 0 Å². The second-order valence-electron chi connectivity index (χ2n) is 5.58. The van der Waals surface area contributed by atoms with Crippen molar-refractivity contribution >= 4 is 11.6 Å². The molecule has 0 radical (unpaired) electrons. The third kappa shape index (κ3) is 3.67. The molecule has 0 saturated carbocycles. The SMILES string of the molecule is CCC1=C/C(=C\C=C2/C=C(CC)C(=O)C(OC)=C2)C=C(C)C1=O. The maximum atomic E-state index is 12.0. The molecule has 2 rings (SSSR count). The van der Waals surface area contributed by atoms with Crippen LogP contribution in [0.15, 0.2) is 70.1 Å². The lowest BCUT2D eigenvalue weighted by Crippen LogP contribution is -2.11. The minimum Gasteiger partial charge on any atom is -0.493 e. The van der Waals surface area contributed by atoms with Gasteiger partial charge >= 0.3 is 0 Å². The van der Waals surface area contributed by atoms with E-state index in [0.717, 1.165) is 34.3 Å². The summed E-state index contributed by atoms with van der Waals surface area (Å²) in [6.45, 7) is 5.77. The first-order chi connectivity index (χ1) is 11.0. The molecule has 0 heterocycles. The first-order valence-corrected chi connectivity index (χ1v) is 7.86. The van der Waals surface area contributed by atoms with Gasteiger partial charge < -0.3 is 4.74 Å². The van der Waals surface area contributed by atoms with Gasteiger partial charge in [-0.05, 0) is 60.8 Å². The molecule has 23 heavy (non-hydrogen) atoms. The molecule has 0 saturated heterocycles. The summed E-state index contributed by atoms with van der Waals surface area (Å²) in [6, 6.07) is 0. The van der Waals surface area contributed by atoms with Crippen molar-refractivity contribution in [2.45, 2.75) is 33.6 Å². The number of allylic oxidation sites excluding steroid dienone is 11. The molecule has 0 aliphatic heterocycles. The molecule has 2 aliphatic carbocycles. The molecule has 0 aromatic rings. The molecular weight excluding hydrogens is 288 g/mol. The van der Waals surface area contributed by atoms with E-state index in [4.69, 9.17) is 4.74 Å². The van der Waals surface area contributed by atoms with Gasteiger partial charge in [-0.25, -0.2) is 0 Å². The Kier molecular flexibility index (Phi) is 5.32. The fraction of sp³-hybridized carbons (Fsp3) is 0.300. The monoisotopic (exact) mass is 310 g/mol. The van der Waals surface area contributed by atoms with Gasteiger partial charge in [0, 0.05) is 11.1 Å². The molecule has 3 nitrogen and oxygen atoms in total. The molecule has 2 aliphatic rings. The summed E-state index contributed by atoms with van der Waals surface area (Å²) < 4.78 is 5.16. The molecule has 0 bridgehead atoms. The van der Waals surface area contributed by atoms with Gasteiger partial charge in [0.15, 0.2) is 11.5 Å². The lowest BCUT2D eigenvalue weighted by Gasteiger charge is -2.13. The Morgan fingerprint density at radius 3 is 1.91 bits per heavy atom. The predicted molar refractivity (Wildman–Crippen MR) is 91.8 cm³/mol. The Bertz CT molecular complexity index is 696. The molecular formula is C20H22O3. The highest BCUT2D eigenvalue weighted by molar-refractivity contribution is 6.10. The molecule has 3 heteroatoms. The number of hydrogen-bond donors (Lipinski definition) is 0. The normalized spacial score (nSPS) is 21.9. The first-order valence-electron chi connectivity index (χ1n) is 7.86. The van der Waals surface area contributed by atoms with Crippen LogP contribution in [0.3, 0.4) is 0 Å². The van der Waals surface area contributed by atoms with Crippen molar-refractivity contribution < 1.29 is 14.3 Å². The number of rotatable bonds is 4. The van der Waals surface area contributed by atoms with Gasteiger partial charge in [-0.15, -0.1) is 0 Å². The van der Waals surface area contributed by atoms with Gasteiger partial charge in [-0.3, -0.25) is 9.59 Å². The average molecular weight is 310 g/mol. The molecule has 0 fully saturated rings. The standard InChI is InChI=1S/C20H22O3/c1-5-16-10-14(9-13(3)19(16)21)7-8-15-11-17(6-2)20(22)18(12-15)23-4/h7-12H,5-6H2,1-4H3/b14-7-,15-8+. The third-order valence-electron chi connectivity index (χ3n) is 3.98. The molecule has 0 unspecified atom stereocenters. The average Bonchev–Trinajstić information content (AvgIpc) is 2.56. The number of ketones is 2. The van der Waals surface area contributed by atoms with E-state index in [1.807, 2.05) is 51.2 Å². The zero-order valence-electron chi connectivity index (χ0n) is 14.1. The number of methoxy groups -OCH3 is 1. The van der Waals surface area contributed by atoms with E-state index in [9.17, 15) is 9.59 Å². The van der Waals surface area contributed by atoms with Crippen LogP contribution in [0.5, 0.6) is 0 Å². The van der Waals surface area contributed by atoms with Crippen molar-refractivity contribution in [3.05, 3.63) is 70.1 Å². The van der Waals surface area contributed by atoms with Crippen molar-refractivity contribution in [1.82, 2.24) is 0 Å². The summed E-state index contributed by atoms with van der Waals surface area (Å²) in [5, 5.41) is 0. The predicted octanol–water partition coefficient (Wildman–Crippen LogP) is 4.15. The first kappa shape index (κ1) is 16.9. The smallest absolute Gasteiger partial charge is 0.223 e. The van der Waals surface area contributed by atoms with E-state index >= 15 is 0 Å². The second-order valence-corrected chi connectivity index (χ2v) is 5.58. The molecule has 120 valence electrons. The van der Waals surface area contributed by atoms with E-state index in [1.165, 1.54) is 7.11 Å². The number of ether oxygens (including phenoxy) is 1. The number of carbonyl (C=O) groups excluding carboxylic acids is 2. The van der Waals surface area contributed by atoms with Crippen LogP contribution in [0.4, 0.5) is 0 Å². The van der Waals surface area contributed by atoms with E-state index in [1.54, 1.807) is 6.08 Å². The Labute approximate surface area is 137 Å². The third-order valence-corrected chi connectivity index (χ3v) is 3.98. The summed E-state index contributed by atoms with van der Waals surface area (Å²) >= 11 is 0. The van der Waals surface area contributed by atoms with E-state index in [0.29, 0.717) is 12.2 Å². The van der Waals surface area contributed by atoms with Crippen molar-refractivity contribution in [2.24, 2.45) is 0 Å². The summed E-state index contributed by atoms with van der Waals surface area (Å²) in [4.78, 5) is 24.0. The van der Waals surface area contributed by atoms with E-state index in [2.05, 4.69) is 0 Å². The fourth-order valence-electron chi connectivity index (χ4n) is 2.62. The van der Waals surface area contributed by atoms with Crippen molar-refractivity contribution in [3.8, 4) is 0 Å². The summed E-state index contributed by atoms with van der Waals surface area (Å²) in [5.74, 6) is 0.437. The van der Waals surface area contributed by atoms with Crippen molar-refractivity contribution in [1.29, 1.82) is 0 Å². The van der Waals surface area contributed by atoms with Crippen LogP contribution in [0.25, 0.3) is 0 Å². The molecule has 0 N–H and O–H groups in total. The molecule has 0 amide bonds. The lowest BCUT2D eigenvalue weighted by atomic mass is 9.92. The van der Waals surface area contributed by atoms with Gasteiger partial charge in [-0.1, -0.05) is 26.0 Å². The Hall–Kier alpha value is -2.42.